The number of urea groups is 1. The molecule has 30 heavy (non-hydrogen) atoms. The van der Waals surface area contributed by atoms with E-state index in [1.54, 1.807) is 24.3 Å². The summed E-state index contributed by atoms with van der Waals surface area (Å²) in [5.74, 6) is -0.116. The molecule has 0 saturated carbocycles. The van der Waals surface area contributed by atoms with E-state index < -0.39 is 23.8 Å². The quantitative estimate of drug-likeness (QED) is 0.216. The maximum Gasteiger partial charge on any atom is 0.416 e. The summed E-state index contributed by atoms with van der Waals surface area (Å²) >= 11 is 5.80. The van der Waals surface area contributed by atoms with Gasteiger partial charge < -0.3 is 26.3 Å². The molecule has 0 spiro atoms. The maximum atomic E-state index is 12.7. The van der Waals surface area contributed by atoms with Crippen LogP contribution in [0.5, 0.6) is 0 Å². The second-order valence-corrected chi connectivity index (χ2v) is 6.57. The lowest BCUT2D eigenvalue weighted by molar-refractivity contribution is -0.137. The Kier molecular flexibility index (Phi) is 8.31. The average molecular weight is 445 g/mol. The van der Waals surface area contributed by atoms with Crippen LogP contribution in [-0.4, -0.2) is 36.2 Å². The van der Waals surface area contributed by atoms with Crippen molar-refractivity contribution in [1.29, 1.82) is 0 Å². The van der Waals surface area contributed by atoms with Crippen molar-refractivity contribution < 1.29 is 27.9 Å². The molecule has 1 atom stereocenters. The highest BCUT2D eigenvalue weighted by molar-refractivity contribution is 6.30. The minimum absolute atomic E-state index is 0.0595. The van der Waals surface area contributed by atoms with E-state index in [1.807, 2.05) is 0 Å². The Bertz CT molecular complexity index is 859. The number of nitrogens with zero attached hydrogens (tertiary/aromatic N) is 1. The van der Waals surface area contributed by atoms with Gasteiger partial charge in [0.25, 0.3) is 0 Å². The number of aliphatic hydroxyl groups excluding tert-OH is 1. The summed E-state index contributed by atoms with van der Waals surface area (Å²) in [6.45, 7) is -0.393. The third-order valence-corrected chi connectivity index (χ3v) is 4.09. The van der Waals surface area contributed by atoms with Crippen molar-refractivity contribution in [2.75, 3.05) is 18.5 Å². The van der Waals surface area contributed by atoms with Crippen LogP contribution in [0, 0.1) is 0 Å². The summed E-state index contributed by atoms with van der Waals surface area (Å²) < 4.78 is 38.2. The average Bonchev–Trinajstić information content (AvgIpc) is 2.69. The summed E-state index contributed by atoms with van der Waals surface area (Å²) in [6.07, 6.45) is -4.39. The van der Waals surface area contributed by atoms with Crippen molar-refractivity contribution in [2.24, 2.45) is 10.9 Å². The minimum atomic E-state index is -4.45. The zero-order valence-electron chi connectivity index (χ0n) is 15.6. The second kappa shape index (κ2) is 10.7. The third kappa shape index (κ3) is 7.45. The minimum Gasteiger partial charge on any atom is -0.393 e. The van der Waals surface area contributed by atoms with Gasteiger partial charge >= 0.3 is 12.2 Å². The molecule has 0 radical (unpaired) electrons. The number of carbonyl (C=O) groups excluding carboxylic acids is 1. The van der Waals surface area contributed by atoms with Gasteiger partial charge in [-0.1, -0.05) is 28.9 Å². The summed E-state index contributed by atoms with van der Waals surface area (Å²) in [7, 11) is 0. The third-order valence-electron chi connectivity index (χ3n) is 3.84. The summed E-state index contributed by atoms with van der Waals surface area (Å²) in [6, 6.07) is 9.33. The van der Waals surface area contributed by atoms with Crippen LogP contribution in [0.3, 0.4) is 0 Å². The van der Waals surface area contributed by atoms with E-state index in [0.29, 0.717) is 16.3 Å². The zero-order chi connectivity index (χ0) is 22.1. The second-order valence-electron chi connectivity index (χ2n) is 6.13. The van der Waals surface area contributed by atoms with E-state index in [1.165, 1.54) is 12.1 Å². The van der Waals surface area contributed by atoms with E-state index in [-0.39, 0.29) is 25.5 Å². The van der Waals surface area contributed by atoms with Gasteiger partial charge in [0.1, 0.15) is 6.61 Å². The van der Waals surface area contributed by atoms with Gasteiger partial charge in [-0.05, 0) is 42.0 Å². The number of benzene rings is 2. The Hall–Kier alpha value is -2.98. The van der Waals surface area contributed by atoms with E-state index in [2.05, 4.69) is 15.8 Å². The van der Waals surface area contributed by atoms with Crippen LogP contribution in [0.2, 0.25) is 5.02 Å². The van der Waals surface area contributed by atoms with Crippen molar-refractivity contribution in [3.8, 4) is 0 Å². The first-order valence-electron chi connectivity index (χ1n) is 8.74. The molecule has 0 aromatic heterocycles. The lowest BCUT2D eigenvalue weighted by Crippen LogP contribution is -2.47. The molecule has 0 fully saturated rings. The number of oxime groups is 1. The Morgan fingerprint density at radius 3 is 2.37 bits per heavy atom. The normalized spacial score (nSPS) is 12.9. The Balaban J connectivity index is 2.12. The molecular formula is C19H20ClF3N4O3. The molecule has 2 aromatic carbocycles. The first kappa shape index (κ1) is 23.3. The molecule has 5 N–H and O–H groups in total. The van der Waals surface area contributed by atoms with Crippen LogP contribution in [0.4, 0.5) is 23.7 Å². The number of amidine groups is 1. The molecule has 2 aromatic rings. The van der Waals surface area contributed by atoms with Crippen molar-refractivity contribution in [2.45, 2.75) is 18.6 Å². The largest absolute Gasteiger partial charge is 0.416 e. The summed E-state index contributed by atoms with van der Waals surface area (Å²) in [4.78, 5) is 17.1. The smallest absolute Gasteiger partial charge is 0.393 e. The number of aliphatic hydroxyl groups is 1. The van der Waals surface area contributed by atoms with Crippen LogP contribution in [0.15, 0.2) is 53.7 Å². The Labute approximate surface area is 175 Å². The van der Waals surface area contributed by atoms with Crippen LogP contribution in [-0.2, 0) is 17.4 Å². The first-order valence-corrected chi connectivity index (χ1v) is 9.12. The first-order chi connectivity index (χ1) is 14.2. The predicted octanol–water partition coefficient (Wildman–Crippen LogP) is 3.37. The molecule has 0 aliphatic carbocycles. The number of nitrogens with two attached hydrogens (primary N) is 1. The molecule has 162 valence electrons. The highest BCUT2D eigenvalue weighted by Crippen LogP contribution is 2.29. The van der Waals surface area contributed by atoms with Crippen LogP contribution < -0.4 is 16.4 Å². The molecule has 2 rings (SSSR count). The van der Waals surface area contributed by atoms with E-state index in [0.717, 1.165) is 12.1 Å². The molecule has 7 nitrogen and oxygen atoms in total. The van der Waals surface area contributed by atoms with Crippen LogP contribution >= 0.6 is 11.6 Å². The number of carbonyl (C=O) groups is 1. The number of hydrogen-bond donors (Lipinski definition) is 4. The molecule has 2 amide bonds. The van der Waals surface area contributed by atoms with Crippen molar-refractivity contribution in [3.05, 3.63) is 64.7 Å². The van der Waals surface area contributed by atoms with Gasteiger partial charge in [0.05, 0.1) is 18.2 Å². The Morgan fingerprint density at radius 1 is 1.17 bits per heavy atom. The highest BCUT2D eigenvalue weighted by atomic mass is 35.5. The summed E-state index contributed by atoms with van der Waals surface area (Å²) in [5.41, 5.74) is 6.04. The summed E-state index contributed by atoms with van der Waals surface area (Å²) in [5, 5.41) is 18.1. The van der Waals surface area contributed by atoms with E-state index in [9.17, 15) is 18.0 Å². The molecule has 0 bridgehead atoms. The van der Waals surface area contributed by atoms with E-state index in [4.69, 9.17) is 27.3 Å². The van der Waals surface area contributed by atoms with Gasteiger partial charge in [0.15, 0.2) is 5.84 Å². The number of alkyl halides is 3. The van der Waals surface area contributed by atoms with Gasteiger partial charge in [-0.2, -0.15) is 13.2 Å². The maximum absolute atomic E-state index is 12.7. The number of anilines is 1. The van der Waals surface area contributed by atoms with Gasteiger partial charge in [-0.3, -0.25) is 0 Å². The van der Waals surface area contributed by atoms with E-state index >= 15 is 0 Å². The standard InChI is InChI=1S/C19H20ClF3N4O3/c20-14-5-7-15(8-6-14)25-18(29)26-16(17(24)27-30-10-9-28)11-12-1-3-13(4-2-12)19(21,22)23/h1-8,16,28H,9-11H2,(H2,24,27)(H2,25,26,29)/t16-/m0/s1. The lowest BCUT2D eigenvalue weighted by atomic mass is 10.0. The van der Waals surface area contributed by atoms with Crippen LogP contribution in [0.25, 0.3) is 0 Å². The number of rotatable bonds is 8. The fourth-order valence-corrected chi connectivity index (χ4v) is 2.50. The van der Waals surface area contributed by atoms with Crippen LogP contribution in [0.1, 0.15) is 11.1 Å². The molecule has 0 saturated heterocycles. The zero-order valence-corrected chi connectivity index (χ0v) is 16.4. The molecule has 0 unspecified atom stereocenters. The van der Waals surface area contributed by atoms with Crippen molar-refractivity contribution in [3.63, 3.8) is 0 Å². The lowest BCUT2D eigenvalue weighted by Gasteiger charge is -2.19. The number of amides is 2. The molecule has 0 aliphatic heterocycles. The number of nitrogens with one attached hydrogen (secondary N) is 2. The molecular weight excluding hydrogens is 425 g/mol. The molecule has 0 heterocycles. The molecule has 11 heteroatoms. The monoisotopic (exact) mass is 444 g/mol. The Morgan fingerprint density at radius 2 is 1.80 bits per heavy atom. The predicted molar refractivity (Wildman–Crippen MR) is 107 cm³/mol. The topological polar surface area (TPSA) is 109 Å². The van der Waals surface area contributed by atoms with Crippen molar-refractivity contribution in [1.82, 2.24) is 5.32 Å². The number of hydrogen-bond acceptors (Lipinski definition) is 4. The fraction of sp³-hybridized carbons (Fsp3) is 0.263. The molecule has 0 aliphatic rings. The van der Waals surface area contributed by atoms with Gasteiger partial charge in [-0.15, -0.1) is 0 Å². The number of halogens is 4. The van der Waals surface area contributed by atoms with Gasteiger partial charge in [-0.25, -0.2) is 4.79 Å². The van der Waals surface area contributed by atoms with Crippen molar-refractivity contribution >= 4 is 29.2 Å². The van der Waals surface area contributed by atoms with Gasteiger partial charge in [0.2, 0.25) is 0 Å². The highest BCUT2D eigenvalue weighted by Gasteiger charge is 2.30. The van der Waals surface area contributed by atoms with Gasteiger partial charge in [0, 0.05) is 17.1 Å². The fourth-order valence-electron chi connectivity index (χ4n) is 2.38. The SMILES string of the molecule is N/C(=N\OCCO)[C@H](Cc1ccc(C(F)(F)F)cc1)NC(=O)Nc1ccc(Cl)cc1.